The summed E-state index contributed by atoms with van der Waals surface area (Å²) in [5.41, 5.74) is 8.19. The van der Waals surface area contributed by atoms with E-state index in [9.17, 15) is 9.90 Å². The third-order valence-corrected chi connectivity index (χ3v) is 6.10. The van der Waals surface area contributed by atoms with Gasteiger partial charge in [0.15, 0.2) is 0 Å². The van der Waals surface area contributed by atoms with Crippen molar-refractivity contribution in [2.45, 2.75) is 0 Å². The molecule has 6 rings (SSSR count). The highest BCUT2D eigenvalue weighted by Gasteiger charge is 2.15. The molecule has 0 amide bonds. The molecule has 6 heteroatoms. The van der Waals surface area contributed by atoms with E-state index in [4.69, 9.17) is 5.10 Å². The third kappa shape index (κ3) is 4.01. The van der Waals surface area contributed by atoms with Crippen molar-refractivity contribution in [3.8, 4) is 39.3 Å². The number of aromatic carboxylic acids is 1. The number of aromatic nitrogens is 4. The van der Waals surface area contributed by atoms with Crippen molar-refractivity contribution in [1.29, 1.82) is 0 Å². The fourth-order valence-electron chi connectivity index (χ4n) is 4.28. The molecule has 0 saturated heterocycles. The summed E-state index contributed by atoms with van der Waals surface area (Å²) in [5, 5.41) is 14.4. The average Bonchev–Trinajstić information content (AvgIpc) is 3.39. The lowest BCUT2D eigenvalue weighted by Gasteiger charge is -2.09. The molecular formula is C30H20N4O2. The molecule has 4 aromatic carbocycles. The van der Waals surface area contributed by atoms with Gasteiger partial charge in [0, 0.05) is 23.5 Å². The Kier molecular flexibility index (Phi) is 5.31. The molecule has 0 bridgehead atoms. The Hall–Kier alpha value is -5.10. The minimum Gasteiger partial charge on any atom is -0.478 e. The number of carboxylic acid groups (broad SMARTS) is 1. The smallest absolute Gasteiger partial charge is 0.335 e. The average molecular weight is 469 g/mol. The van der Waals surface area contributed by atoms with Gasteiger partial charge in [0.25, 0.3) is 0 Å². The molecule has 0 aliphatic heterocycles. The summed E-state index contributed by atoms with van der Waals surface area (Å²) >= 11 is 0. The molecule has 0 radical (unpaired) electrons. The fourth-order valence-corrected chi connectivity index (χ4v) is 4.28. The Morgan fingerprint density at radius 3 is 2.11 bits per heavy atom. The number of fused-ring (bicyclic) bond motifs is 1. The highest BCUT2D eigenvalue weighted by molar-refractivity contribution is 5.88. The zero-order chi connectivity index (χ0) is 24.5. The summed E-state index contributed by atoms with van der Waals surface area (Å²) in [6, 6.07) is 33.2. The van der Waals surface area contributed by atoms with Gasteiger partial charge in [-0.2, -0.15) is 5.10 Å². The lowest BCUT2D eigenvalue weighted by Crippen LogP contribution is -2.03. The van der Waals surface area contributed by atoms with Gasteiger partial charge >= 0.3 is 5.97 Å². The SMILES string of the molecule is O=C(O)c1cccc(-n2nc(-c3ccc(-c4ccccc4)cc3)cc2-c2ccc3nccnc3c2)c1. The first kappa shape index (κ1) is 21.4. The number of rotatable bonds is 5. The summed E-state index contributed by atoms with van der Waals surface area (Å²) in [4.78, 5) is 20.4. The van der Waals surface area contributed by atoms with Gasteiger partial charge in [-0.15, -0.1) is 0 Å². The molecule has 0 saturated carbocycles. The van der Waals surface area contributed by atoms with Gasteiger partial charge in [-0.3, -0.25) is 9.97 Å². The quantitative estimate of drug-likeness (QED) is 0.312. The van der Waals surface area contributed by atoms with E-state index in [1.165, 1.54) is 0 Å². The van der Waals surface area contributed by atoms with Crippen LogP contribution in [0.5, 0.6) is 0 Å². The molecule has 0 atom stereocenters. The molecule has 172 valence electrons. The molecule has 6 aromatic rings. The van der Waals surface area contributed by atoms with E-state index in [-0.39, 0.29) is 5.56 Å². The van der Waals surface area contributed by atoms with Crippen molar-refractivity contribution in [3.05, 3.63) is 121 Å². The van der Waals surface area contributed by atoms with Crippen molar-refractivity contribution < 1.29 is 9.90 Å². The Morgan fingerprint density at radius 1 is 0.639 bits per heavy atom. The van der Waals surface area contributed by atoms with Crippen LogP contribution in [0, 0.1) is 0 Å². The minimum atomic E-state index is -0.983. The second kappa shape index (κ2) is 8.92. The fraction of sp³-hybridized carbons (Fsp3) is 0. The summed E-state index contributed by atoms with van der Waals surface area (Å²) in [7, 11) is 0. The Bertz CT molecular complexity index is 1710. The van der Waals surface area contributed by atoms with Crippen molar-refractivity contribution >= 4 is 17.0 Å². The highest BCUT2D eigenvalue weighted by Crippen LogP contribution is 2.31. The minimum absolute atomic E-state index is 0.201. The van der Waals surface area contributed by atoms with Crippen LogP contribution < -0.4 is 0 Å². The van der Waals surface area contributed by atoms with E-state index in [0.717, 1.165) is 44.7 Å². The van der Waals surface area contributed by atoms with Crippen molar-refractivity contribution in [1.82, 2.24) is 19.7 Å². The van der Waals surface area contributed by atoms with Crippen LogP contribution in [0.25, 0.3) is 50.4 Å². The molecule has 0 aliphatic carbocycles. The summed E-state index contributed by atoms with van der Waals surface area (Å²) in [6.45, 7) is 0. The van der Waals surface area contributed by atoms with Crippen LogP contribution in [0.1, 0.15) is 10.4 Å². The molecule has 0 spiro atoms. The number of hydrogen-bond donors (Lipinski definition) is 1. The van der Waals surface area contributed by atoms with Crippen molar-refractivity contribution in [3.63, 3.8) is 0 Å². The Balaban J connectivity index is 1.48. The number of carbonyl (C=O) groups is 1. The van der Waals surface area contributed by atoms with E-state index >= 15 is 0 Å². The number of benzene rings is 4. The monoisotopic (exact) mass is 468 g/mol. The predicted octanol–water partition coefficient (Wildman–Crippen LogP) is 6.51. The number of carboxylic acids is 1. The van der Waals surface area contributed by atoms with Crippen molar-refractivity contribution in [2.24, 2.45) is 0 Å². The standard InChI is InChI=1S/C30H20N4O2/c35-30(36)24-7-4-8-25(17-24)34-29(23-13-14-26-28(18-23)32-16-15-31-26)19-27(33-34)22-11-9-21(10-12-22)20-5-2-1-3-6-20/h1-19H,(H,35,36). The zero-order valence-corrected chi connectivity index (χ0v) is 19.1. The van der Waals surface area contributed by atoms with E-state index in [1.54, 1.807) is 35.3 Å². The van der Waals surface area contributed by atoms with Gasteiger partial charge in [0.05, 0.1) is 33.7 Å². The van der Waals surface area contributed by atoms with Gasteiger partial charge in [-0.1, -0.05) is 66.7 Å². The van der Waals surface area contributed by atoms with Crippen LogP contribution in [0.3, 0.4) is 0 Å². The van der Waals surface area contributed by atoms with Crippen LogP contribution in [0.15, 0.2) is 116 Å². The Morgan fingerprint density at radius 2 is 1.33 bits per heavy atom. The van der Waals surface area contributed by atoms with Gasteiger partial charge in [-0.25, -0.2) is 9.48 Å². The van der Waals surface area contributed by atoms with Crippen molar-refractivity contribution in [2.75, 3.05) is 0 Å². The molecular weight excluding hydrogens is 448 g/mol. The van der Waals surface area contributed by atoms with Gasteiger partial charge in [0.1, 0.15) is 0 Å². The topological polar surface area (TPSA) is 80.9 Å². The second-order valence-corrected chi connectivity index (χ2v) is 8.39. The second-order valence-electron chi connectivity index (χ2n) is 8.39. The third-order valence-electron chi connectivity index (χ3n) is 6.10. The maximum atomic E-state index is 11.6. The van der Waals surface area contributed by atoms with Crippen LogP contribution in [-0.2, 0) is 0 Å². The first-order chi connectivity index (χ1) is 17.7. The molecule has 1 N–H and O–H groups in total. The Labute approximate surface area is 207 Å². The molecule has 2 heterocycles. The van der Waals surface area contributed by atoms with E-state index < -0.39 is 5.97 Å². The predicted molar refractivity (Wildman–Crippen MR) is 140 cm³/mol. The molecule has 36 heavy (non-hydrogen) atoms. The molecule has 6 nitrogen and oxygen atoms in total. The maximum absolute atomic E-state index is 11.6. The lowest BCUT2D eigenvalue weighted by molar-refractivity contribution is 0.0697. The summed E-state index contributed by atoms with van der Waals surface area (Å²) in [5.74, 6) is -0.983. The molecule has 0 fully saturated rings. The van der Waals surface area contributed by atoms with Gasteiger partial charge in [0.2, 0.25) is 0 Å². The number of nitrogens with zero attached hydrogens (tertiary/aromatic N) is 4. The van der Waals surface area contributed by atoms with E-state index in [1.807, 2.05) is 48.5 Å². The summed E-state index contributed by atoms with van der Waals surface area (Å²) in [6.07, 6.45) is 3.33. The largest absolute Gasteiger partial charge is 0.478 e. The van der Waals surface area contributed by atoms with E-state index in [0.29, 0.717) is 5.69 Å². The first-order valence-corrected chi connectivity index (χ1v) is 11.5. The zero-order valence-electron chi connectivity index (χ0n) is 19.1. The van der Waals surface area contributed by atoms with Crippen LogP contribution in [-0.4, -0.2) is 30.8 Å². The number of hydrogen-bond acceptors (Lipinski definition) is 4. The van der Waals surface area contributed by atoms with Gasteiger partial charge in [-0.05, 0) is 47.5 Å². The van der Waals surface area contributed by atoms with E-state index in [2.05, 4.69) is 46.4 Å². The van der Waals surface area contributed by atoms with Crippen LogP contribution in [0.4, 0.5) is 0 Å². The van der Waals surface area contributed by atoms with Crippen LogP contribution >= 0.6 is 0 Å². The normalized spacial score (nSPS) is 11.0. The molecule has 0 aliphatic rings. The maximum Gasteiger partial charge on any atom is 0.335 e. The first-order valence-electron chi connectivity index (χ1n) is 11.5. The molecule has 0 unspecified atom stereocenters. The lowest BCUT2D eigenvalue weighted by atomic mass is 10.0. The van der Waals surface area contributed by atoms with Gasteiger partial charge < -0.3 is 5.11 Å². The van der Waals surface area contributed by atoms with Crippen LogP contribution in [0.2, 0.25) is 0 Å². The molecule has 2 aromatic heterocycles. The highest BCUT2D eigenvalue weighted by atomic mass is 16.4. The summed E-state index contributed by atoms with van der Waals surface area (Å²) < 4.78 is 1.78.